The molecule has 1 amide bonds. The van der Waals surface area contributed by atoms with Gasteiger partial charge in [-0.15, -0.1) is 0 Å². The lowest BCUT2D eigenvalue weighted by atomic mass is 9.80. The SMILES string of the molecule is CC(=O)NC1(c2ccccc2)CCN(C[C@@H]2CC2(C(=O)O)c2ccccc2)CC1. The molecule has 0 aromatic heterocycles. The summed E-state index contributed by atoms with van der Waals surface area (Å²) >= 11 is 0. The lowest BCUT2D eigenvalue weighted by molar-refractivity contribution is -0.140. The van der Waals surface area contributed by atoms with Crippen LogP contribution in [0, 0.1) is 5.92 Å². The van der Waals surface area contributed by atoms with E-state index in [1.165, 1.54) is 0 Å². The summed E-state index contributed by atoms with van der Waals surface area (Å²) in [5, 5.41) is 13.1. The Hall–Kier alpha value is -2.66. The van der Waals surface area contributed by atoms with Crippen LogP contribution >= 0.6 is 0 Å². The molecule has 1 saturated carbocycles. The Kier molecular flexibility index (Phi) is 5.17. The van der Waals surface area contributed by atoms with E-state index < -0.39 is 11.4 Å². The number of rotatable bonds is 6. The van der Waals surface area contributed by atoms with E-state index in [-0.39, 0.29) is 17.4 Å². The zero-order valence-electron chi connectivity index (χ0n) is 16.8. The number of hydrogen-bond donors (Lipinski definition) is 2. The fourth-order valence-electron chi connectivity index (χ4n) is 5.03. The normalized spacial score (nSPS) is 25.9. The average Bonchev–Trinajstić information content (AvgIpc) is 3.46. The smallest absolute Gasteiger partial charge is 0.314 e. The van der Waals surface area contributed by atoms with Crippen molar-refractivity contribution in [2.75, 3.05) is 19.6 Å². The van der Waals surface area contributed by atoms with Gasteiger partial charge in [0.1, 0.15) is 0 Å². The molecule has 5 heteroatoms. The number of carboxylic acids is 1. The van der Waals surface area contributed by atoms with Crippen LogP contribution in [-0.2, 0) is 20.5 Å². The summed E-state index contributed by atoms with van der Waals surface area (Å²) in [7, 11) is 0. The van der Waals surface area contributed by atoms with Crippen molar-refractivity contribution < 1.29 is 14.7 Å². The number of benzene rings is 2. The third-order valence-corrected chi connectivity index (χ3v) is 6.71. The minimum atomic E-state index is -0.743. The van der Waals surface area contributed by atoms with Crippen LogP contribution in [0.3, 0.4) is 0 Å². The molecule has 1 heterocycles. The van der Waals surface area contributed by atoms with Crippen LogP contribution in [0.15, 0.2) is 60.7 Å². The maximum atomic E-state index is 12.1. The van der Waals surface area contributed by atoms with Crippen molar-refractivity contribution in [2.24, 2.45) is 5.92 Å². The van der Waals surface area contributed by atoms with Crippen molar-refractivity contribution in [1.29, 1.82) is 0 Å². The standard InChI is InChI=1S/C24H28N2O3/c1-18(27)25-23(19-8-4-2-5-9-19)12-14-26(15-13-23)17-21-16-24(21,22(28)29)20-10-6-3-7-11-20/h2-11,21H,12-17H2,1H3,(H,25,27)(H,28,29)/t21-,24?/m0/s1. The van der Waals surface area contributed by atoms with E-state index >= 15 is 0 Å². The molecular formula is C24H28N2O3. The summed E-state index contributed by atoms with van der Waals surface area (Å²) in [4.78, 5) is 26.3. The number of amides is 1. The molecule has 1 aliphatic heterocycles. The average molecular weight is 392 g/mol. The van der Waals surface area contributed by atoms with Gasteiger partial charge in [0.15, 0.2) is 0 Å². The Bertz CT molecular complexity index is 876. The summed E-state index contributed by atoms with van der Waals surface area (Å²) in [5.74, 6) is -0.603. The first kappa shape index (κ1) is 19.6. The van der Waals surface area contributed by atoms with E-state index in [1.807, 2.05) is 48.5 Å². The topological polar surface area (TPSA) is 69.6 Å². The van der Waals surface area contributed by atoms with Gasteiger partial charge in [-0.25, -0.2) is 0 Å². The van der Waals surface area contributed by atoms with Gasteiger partial charge in [-0.2, -0.15) is 0 Å². The van der Waals surface area contributed by atoms with Crippen molar-refractivity contribution in [3.8, 4) is 0 Å². The number of carbonyl (C=O) groups excluding carboxylic acids is 1. The van der Waals surface area contributed by atoms with E-state index in [0.29, 0.717) is 6.42 Å². The van der Waals surface area contributed by atoms with Gasteiger partial charge < -0.3 is 15.3 Å². The van der Waals surface area contributed by atoms with E-state index in [9.17, 15) is 14.7 Å². The first-order chi connectivity index (χ1) is 14.0. The highest BCUT2D eigenvalue weighted by atomic mass is 16.4. The van der Waals surface area contributed by atoms with Crippen molar-refractivity contribution in [1.82, 2.24) is 10.2 Å². The van der Waals surface area contributed by atoms with Gasteiger partial charge in [-0.3, -0.25) is 9.59 Å². The number of likely N-dealkylation sites (tertiary alicyclic amines) is 1. The van der Waals surface area contributed by atoms with Gasteiger partial charge in [-0.05, 0) is 36.3 Å². The van der Waals surface area contributed by atoms with Gasteiger partial charge in [0.25, 0.3) is 0 Å². The summed E-state index contributed by atoms with van der Waals surface area (Å²) in [6, 6.07) is 19.8. The van der Waals surface area contributed by atoms with Gasteiger partial charge in [0, 0.05) is 26.6 Å². The lowest BCUT2D eigenvalue weighted by Crippen LogP contribution is -2.53. The molecule has 2 aromatic carbocycles. The molecule has 2 atom stereocenters. The Morgan fingerprint density at radius 3 is 2.07 bits per heavy atom. The van der Waals surface area contributed by atoms with E-state index in [4.69, 9.17) is 0 Å². The van der Waals surface area contributed by atoms with Crippen molar-refractivity contribution >= 4 is 11.9 Å². The molecule has 152 valence electrons. The summed E-state index contributed by atoms with van der Waals surface area (Å²) in [6.07, 6.45) is 2.35. The molecule has 2 aromatic rings. The van der Waals surface area contributed by atoms with Crippen molar-refractivity contribution in [3.05, 3.63) is 71.8 Å². The maximum Gasteiger partial charge on any atom is 0.314 e. The van der Waals surface area contributed by atoms with Crippen molar-refractivity contribution in [2.45, 2.75) is 37.1 Å². The van der Waals surface area contributed by atoms with Gasteiger partial charge in [-0.1, -0.05) is 60.7 Å². The zero-order chi connectivity index (χ0) is 20.5. The molecule has 0 bridgehead atoms. The second kappa shape index (κ2) is 7.64. The van der Waals surface area contributed by atoms with Crippen LogP contribution in [0.1, 0.15) is 37.3 Å². The summed E-state index contributed by atoms with van der Waals surface area (Å²) in [5.41, 5.74) is 0.973. The lowest BCUT2D eigenvalue weighted by Gasteiger charge is -2.43. The Balaban J connectivity index is 1.45. The molecule has 5 nitrogen and oxygen atoms in total. The zero-order valence-corrected chi connectivity index (χ0v) is 16.8. The second-order valence-electron chi connectivity index (χ2n) is 8.47. The molecule has 1 unspecified atom stereocenters. The molecular weight excluding hydrogens is 364 g/mol. The van der Waals surface area contributed by atoms with E-state index in [1.54, 1.807) is 6.92 Å². The summed E-state index contributed by atoms with van der Waals surface area (Å²) in [6.45, 7) is 4.04. The predicted molar refractivity (Wildman–Crippen MR) is 111 cm³/mol. The number of hydrogen-bond acceptors (Lipinski definition) is 3. The van der Waals surface area contributed by atoms with Crippen LogP contribution in [0.5, 0.6) is 0 Å². The van der Waals surface area contributed by atoms with E-state index in [2.05, 4.69) is 22.3 Å². The molecule has 1 saturated heterocycles. The van der Waals surface area contributed by atoms with Crippen molar-refractivity contribution in [3.63, 3.8) is 0 Å². The number of carbonyl (C=O) groups is 2. The molecule has 4 rings (SSSR count). The number of carboxylic acid groups (broad SMARTS) is 1. The molecule has 0 radical (unpaired) electrons. The molecule has 2 fully saturated rings. The predicted octanol–water partition coefficient (Wildman–Crippen LogP) is 3.16. The Morgan fingerprint density at radius 2 is 1.55 bits per heavy atom. The highest BCUT2D eigenvalue weighted by Crippen LogP contribution is 2.55. The third-order valence-electron chi connectivity index (χ3n) is 6.71. The fourth-order valence-corrected chi connectivity index (χ4v) is 5.03. The highest BCUT2D eigenvalue weighted by Gasteiger charge is 2.61. The maximum absolute atomic E-state index is 12.1. The van der Waals surface area contributed by atoms with Gasteiger partial charge >= 0.3 is 5.97 Å². The highest BCUT2D eigenvalue weighted by molar-refractivity contribution is 5.86. The Labute approximate surface area is 171 Å². The first-order valence-electron chi connectivity index (χ1n) is 10.3. The minimum absolute atomic E-state index is 0.0153. The fraction of sp³-hybridized carbons (Fsp3) is 0.417. The second-order valence-corrected chi connectivity index (χ2v) is 8.47. The van der Waals surface area contributed by atoms with Gasteiger partial charge in [0.05, 0.1) is 11.0 Å². The molecule has 2 N–H and O–H groups in total. The number of piperidine rings is 1. The molecule has 1 aliphatic carbocycles. The van der Waals surface area contributed by atoms with Gasteiger partial charge in [0.2, 0.25) is 5.91 Å². The third kappa shape index (κ3) is 3.67. The molecule has 29 heavy (non-hydrogen) atoms. The molecule has 2 aliphatic rings. The quantitative estimate of drug-likeness (QED) is 0.792. The van der Waals surface area contributed by atoms with E-state index in [0.717, 1.165) is 43.6 Å². The summed E-state index contributed by atoms with van der Waals surface area (Å²) < 4.78 is 0. The Morgan fingerprint density at radius 1 is 1.00 bits per heavy atom. The largest absolute Gasteiger partial charge is 0.481 e. The van der Waals surface area contributed by atoms with Crippen LogP contribution in [0.4, 0.5) is 0 Å². The number of nitrogens with zero attached hydrogens (tertiary/aromatic N) is 1. The molecule has 0 spiro atoms. The van der Waals surface area contributed by atoms with Crippen LogP contribution in [0.2, 0.25) is 0 Å². The minimum Gasteiger partial charge on any atom is -0.481 e. The van der Waals surface area contributed by atoms with Crippen LogP contribution in [0.25, 0.3) is 0 Å². The number of aliphatic carboxylic acids is 1. The van der Waals surface area contributed by atoms with Crippen LogP contribution < -0.4 is 5.32 Å². The first-order valence-corrected chi connectivity index (χ1v) is 10.3. The number of nitrogens with one attached hydrogen (secondary N) is 1. The van der Waals surface area contributed by atoms with Crippen LogP contribution in [-0.4, -0.2) is 41.5 Å². The monoisotopic (exact) mass is 392 g/mol.